The zero-order chi connectivity index (χ0) is 17.5. The van der Waals surface area contributed by atoms with E-state index in [2.05, 4.69) is 0 Å². The Morgan fingerprint density at radius 1 is 1.04 bits per heavy atom. The van der Waals surface area contributed by atoms with E-state index in [9.17, 15) is 14.0 Å². The van der Waals surface area contributed by atoms with E-state index in [1.165, 1.54) is 0 Å². The lowest BCUT2D eigenvalue weighted by Crippen LogP contribution is -2.51. The van der Waals surface area contributed by atoms with E-state index >= 15 is 0 Å². The van der Waals surface area contributed by atoms with Crippen molar-refractivity contribution in [3.05, 3.63) is 70.2 Å². The van der Waals surface area contributed by atoms with Crippen molar-refractivity contribution < 1.29 is 19.1 Å². The van der Waals surface area contributed by atoms with E-state index in [0.29, 0.717) is 15.6 Å². The SMILES string of the molecule is Clc1cccc(Cl)c1.NC(F)(C(=O)O)C(=O)Cc1ccccc1. The maximum atomic E-state index is 13.1. The summed E-state index contributed by atoms with van der Waals surface area (Å²) in [6.07, 6.45) is -0.333. The smallest absolute Gasteiger partial charge is 0.364 e. The molecule has 0 saturated carbocycles. The summed E-state index contributed by atoms with van der Waals surface area (Å²) in [5.74, 6) is -6.44. The Morgan fingerprint density at radius 3 is 1.96 bits per heavy atom. The molecule has 0 aliphatic carbocycles. The molecule has 2 aromatic rings. The van der Waals surface area contributed by atoms with Crippen molar-refractivity contribution in [3.63, 3.8) is 0 Å². The molecule has 0 saturated heterocycles. The maximum Gasteiger partial charge on any atom is 0.364 e. The van der Waals surface area contributed by atoms with Crippen LogP contribution in [0, 0.1) is 0 Å². The van der Waals surface area contributed by atoms with E-state index < -0.39 is 17.5 Å². The Morgan fingerprint density at radius 2 is 1.57 bits per heavy atom. The van der Waals surface area contributed by atoms with Crippen LogP contribution in [0.2, 0.25) is 10.0 Å². The molecular weight excluding hydrogens is 344 g/mol. The predicted molar refractivity (Wildman–Crippen MR) is 87.3 cm³/mol. The van der Waals surface area contributed by atoms with Gasteiger partial charge in [0, 0.05) is 16.5 Å². The predicted octanol–water partition coefficient (Wildman–Crippen LogP) is 3.50. The molecule has 1 unspecified atom stereocenters. The summed E-state index contributed by atoms with van der Waals surface area (Å²) in [7, 11) is 0. The van der Waals surface area contributed by atoms with Crippen molar-refractivity contribution in [2.45, 2.75) is 12.2 Å². The van der Waals surface area contributed by atoms with Gasteiger partial charge in [-0.3, -0.25) is 10.5 Å². The summed E-state index contributed by atoms with van der Waals surface area (Å²) >= 11 is 11.1. The molecular formula is C16H14Cl2FNO3. The number of halogens is 3. The van der Waals surface area contributed by atoms with Crippen LogP contribution in [0.4, 0.5) is 4.39 Å². The first-order chi connectivity index (χ1) is 10.7. The molecule has 2 rings (SSSR count). The summed E-state index contributed by atoms with van der Waals surface area (Å²) in [4.78, 5) is 21.5. The quantitative estimate of drug-likeness (QED) is 0.648. The number of alkyl halides is 1. The van der Waals surface area contributed by atoms with Crippen LogP contribution >= 0.6 is 23.2 Å². The van der Waals surface area contributed by atoms with E-state index in [-0.39, 0.29) is 6.42 Å². The average Bonchev–Trinajstić information content (AvgIpc) is 2.48. The fraction of sp³-hybridized carbons (Fsp3) is 0.125. The molecule has 0 radical (unpaired) electrons. The normalized spacial score (nSPS) is 12.5. The summed E-state index contributed by atoms with van der Waals surface area (Å²) in [5.41, 5.74) is 5.26. The van der Waals surface area contributed by atoms with E-state index in [4.69, 9.17) is 34.0 Å². The molecule has 1 atom stereocenters. The van der Waals surface area contributed by atoms with E-state index in [1.807, 2.05) is 6.07 Å². The molecule has 23 heavy (non-hydrogen) atoms. The Kier molecular flexibility index (Phi) is 7.16. The van der Waals surface area contributed by atoms with Gasteiger partial charge in [-0.25, -0.2) is 9.18 Å². The Balaban J connectivity index is 0.000000277. The summed E-state index contributed by atoms with van der Waals surface area (Å²) in [6, 6.07) is 15.3. The third-order valence-electron chi connectivity index (χ3n) is 2.71. The van der Waals surface area contributed by atoms with E-state index in [0.717, 1.165) is 0 Å². The monoisotopic (exact) mass is 357 g/mol. The van der Waals surface area contributed by atoms with Crippen LogP contribution in [0.25, 0.3) is 0 Å². The van der Waals surface area contributed by atoms with Crippen LogP contribution in [-0.4, -0.2) is 22.7 Å². The molecule has 0 fully saturated rings. The molecule has 0 aliphatic heterocycles. The minimum Gasteiger partial charge on any atom is -0.477 e. The topological polar surface area (TPSA) is 80.4 Å². The summed E-state index contributed by atoms with van der Waals surface area (Å²) in [5, 5.41) is 9.73. The van der Waals surface area contributed by atoms with Crippen molar-refractivity contribution in [1.82, 2.24) is 0 Å². The van der Waals surface area contributed by atoms with Crippen molar-refractivity contribution in [1.29, 1.82) is 0 Å². The minimum atomic E-state index is -3.31. The third kappa shape index (κ3) is 6.36. The molecule has 2 aromatic carbocycles. The fourth-order valence-electron chi connectivity index (χ4n) is 1.49. The van der Waals surface area contributed by atoms with Gasteiger partial charge in [0.1, 0.15) is 0 Å². The molecule has 122 valence electrons. The second kappa shape index (κ2) is 8.62. The molecule has 0 aliphatic rings. The number of carboxylic acids is 1. The molecule has 0 heterocycles. The third-order valence-corrected chi connectivity index (χ3v) is 3.18. The highest BCUT2D eigenvalue weighted by Gasteiger charge is 2.41. The van der Waals surface area contributed by atoms with Gasteiger partial charge in [0.25, 0.3) is 0 Å². The number of carbonyl (C=O) groups excluding carboxylic acids is 1. The van der Waals surface area contributed by atoms with Gasteiger partial charge in [0.05, 0.1) is 0 Å². The lowest BCUT2D eigenvalue weighted by Gasteiger charge is -2.12. The molecule has 0 bridgehead atoms. The van der Waals surface area contributed by atoms with Crippen LogP contribution in [0.3, 0.4) is 0 Å². The van der Waals surface area contributed by atoms with Gasteiger partial charge in [-0.1, -0.05) is 59.6 Å². The van der Waals surface area contributed by atoms with Crippen LogP contribution in [0.5, 0.6) is 0 Å². The molecule has 0 spiro atoms. The number of carboxylic acid groups (broad SMARTS) is 1. The number of Topliss-reactive ketones (excluding diaryl/α,β-unsaturated/α-hetero) is 1. The molecule has 0 aromatic heterocycles. The standard InChI is InChI=1S/C10H10FNO3.C6H4Cl2/c11-10(12,9(14)15)8(13)6-7-4-2-1-3-5-7;7-5-2-1-3-6(8)4-5/h1-5H,6,12H2,(H,14,15);1-4H. The lowest BCUT2D eigenvalue weighted by molar-refractivity contribution is -0.156. The van der Waals surface area contributed by atoms with E-state index in [1.54, 1.807) is 48.5 Å². The second-order valence-corrected chi connectivity index (χ2v) is 5.42. The number of aliphatic carboxylic acids is 1. The number of carbonyl (C=O) groups is 2. The zero-order valence-electron chi connectivity index (χ0n) is 11.9. The van der Waals surface area contributed by atoms with Gasteiger partial charge in [0.15, 0.2) is 0 Å². The van der Waals surface area contributed by atoms with Gasteiger partial charge in [-0.15, -0.1) is 0 Å². The second-order valence-electron chi connectivity index (χ2n) is 4.54. The highest BCUT2D eigenvalue weighted by molar-refractivity contribution is 6.34. The zero-order valence-corrected chi connectivity index (χ0v) is 13.4. The van der Waals surface area contributed by atoms with Crippen LogP contribution in [0.1, 0.15) is 5.56 Å². The van der Waals surface area contributed by atoms with Crippen LogP contribution in [-0.2, 0) is 16.0 Å². The van der Waals surface area contributed by atoms with Gasteiger partial charge >= 0.3 is 11.8 Å². The Bertz CT molecular complexity index is 661. The van der Waals surface area contributed by atoms with Gasteiger partial charge < -0.3 is 5.11 Å². The summed E-state index contributed by atoms with van der Waals surface area (Å²) in [6.45, 7) is 0. The first-order valence-electron chi connectivity index (χ1n) is 6.43. The highest BCUT2D eigenvalue weighted by atomic mass is 35.5. The van der Waals surface area contributed by atoms with Gasteiger partial charge in [0.2, 0.25) is 5.78 Å². The minimum absolute atomic E-state index is 0.333. The largest absolute Gasteiger partial charge is 0.477 e. The Hall–Kier alpha value is -1.95. The first-order valence-corrected chi connectivity index (χ1v) is 7.18. The maximum absolute atomic E-state index is 13.1. The number of ketones is 1. The fourth-order valence-corrected chi connectivity index (χ4v) is 1.93. The number of hydrogen-bond donors (Lipinski definition) is 2. The van der Waals surface area contributed by atoms with Gasteiger partial charge in [-0.05, 0) is 23.8 Å². The summed E-state index contributed by atoms with van der Waals surface area (Å²) < 4.78 is 13.1. The van der Waals surface area contributed by atoms with Crippen molar-refractivity contribution in [2.24, 2.45) is 5.73 Å². The van der Waals surface area contributed by atoms with Crippen LogP contribution < -0.4 is 5.73 Å². The molecule has 0 amide bonds. The molecule has 3 N–H and O–H groups in total. The average molecular weight is 358 g/mol. The van der Waals surface area contributed by atoms with Gasteiger partial charge in [-0.2, -0.15) is 0 Å². The number of hydrogen-bond acceptors (Lipinski definition) is 3. The van der Waals surface area contributed by atoms with Crippen molar-refractivity contribution in [2.75, 3.05) is 0 Å². The number of nitrogens with two attached hydrogens (primary N) is 1. The van der Waals surface area contributed by atoms with Crippen LogP contribution in [0.15, 0.2) is 54.6 Å². The lowest BCUT2D eigenvalue weighted by atomic mass is 10.0. The number of benzene rings is 2. The molecule has 7 heteroatoms. The highest BCUT2D eigenvalue weighted by Crippen LogP contribution is 2.14. The van der Waals surface area contributed by atoms with Crippen molar-refractivity contribution >= 4 is 35.0 Å². The Labute approximate surface area is 142 Å². The number of rotatable bonds is 4. The van der Waals surface area contributed by atoms with Crippen molar-refractivity contribution in [3.8, 4) is 0 Å². The molecule has 4 nitrogen and oxygen atoms in total. The first kappa shape index (κ1) is 19.1.